The maximum Gasteiger partial charge on any atom is 0.344 e. The highest BCUT2D eigenvalue weighted by atomic mass is 19.2. The topological polar surface area (TPSA) is 46.5 Å². The highest BCUT2D eigenvalue weighted by Gasteiger charge is 2.30. The van der Waals surface area contributed by atoms with Crippen molar-refractivity contribution in [3.05, 3.63) is 34.6 Å². The fourth-order valence-electron chi connectivity index (χ4n) is 0.995. The summed E-state index contributed by atoms with van der Waals surface area (Å²) >= 11 is 0. The fourth-order valence-corrected chi connectivity index (χ4v) is 0.995. The predicted octanol–water partition coefficient (Wildman–Crippen LogP) is 1.53. The Bertz CT molecular complexity index is 431. The summed E-state index contributed by atoms with van der Waals surface area (Å²) in [5.74, 6) is -13.1. The molecule has 3 nitrogen and oxygen atoms in total. The van der Waals surface area contributed by atoms with Crippen molar-refractivity contribution in [1.82, 2.24) is 0 Å². The highest BCUT2D eigenvalue weighted by Crippen LogP contribution is 2.23. The van der Waals surface area contributed by atoms with Gasteiger partial charge in [0.15, 0.2) is 23.3 Å². The van der Waals surface area contributed by atoms with Crippen molar-refractivity contribution in [2.75, 3.05) is 13.2 Å². The number of halogens is 5. The second-order valence-corrected chi connectivity index (χ2v) is 2.80. The zero-order valence-corrected chi connectivity index (χ0v) is 8.07. The molecule has 0 aliphatic carbocycles. The van der Waals surface area contributed by atoms with Crippen LogP contribution < -0.4 is 0 Å². The van der Waals surface area contributed by atoms with Crippen LogP contribution in [0.3, 0.4) is 0 Å². The van der Waals surface area contributed by atoms with Gasteiger partial charge in [0.05, 0.1) is 6.61 Å². The first kappa shape index (κ1) is 13.4. The number of aliphatic hydroxyl groups excluding tert-OH is 1. The van der Waals surface area contributed by atoms with Crippen LogP contribution >= 0.6 is 0 Å². The Kier molecular flexibility index (Phi) is 4.00. The number of benzene rings is 1. The number of carbonyl (C=O) groups excluding carboxylic acids is 1. The maximum atomic E-state index is 13.0. The van der Waals surface area contributed by atoms with Crippen molar-refractivity contribution in [2.45, 2.75) is 0 Å². The van der Waals surface area contributed by atoms with Crippen molar-refractivity contribution in [3.63, 3.8) is 0 Å². The lowest BCUT2D eigenvalue weighted by Crippen LogP contribution is -2.16. The van der Waals surface area contributed by atoms with E-state index in [1.165, 1.54) is 0 Å². The van der Waals surface area contributed by atoms with Crippen LogP contribution in [0.15, 0.2) is 0 Å². The standard InChI is InChI=1S/C9H5F5O3/c10-4-3(9(16)17-2-1-15)5(11)7(13)8(14)6(4)12/h15H,1-2H2. The molecule has 0 saturated heterocycles. The molecule has 0 aromatic heterocycles. The number of carbonyl (C=O) groups is 1. The summed E-state index contributed by atoms with van der Waals surface area (Å²) in [7, 11) is 0. The summed E-state index contributed by atoms with van der Waals surface area (Å²) in [4.78, 5) is 11.0. The van der Waals surface area contributed by atoms with Crippen LogP contribution in [0.25, 0.3) is 0 Å². The van der Waals surface area contributed by atoms with Gasteiger partial charge in [-0.05, 0) is 0 Å². The molecule has 94 valence electrons. The second-order valence-electron chi connectivity index (χ2n) is 2.80. The van der Waals surface area contributed by atoms with Crippen LogP contribution in [0.4, 0.5) is 22.0 Å². The minimum absolute atomic E-state index is 0.627. The molecule has 0 saturated carbocycles. The number of hydrogen-bond donors (Lipinski definition) is 1. The third-order valence-corrected chi connectivity index (χ3v) is 1.74. The lowest BCUT2D eigenvalue weighted by molar-refractivity contribution is 0.0419. The third kappa shape index (κ3) is 2.36. The van der Waals surface area contributed by atoms with Crippen molar-refractivity contribution in [1.29, 1.82) is 0 Å². The van der Waals surface area contributed by atoms with Gasteiger partial charge in [-0.15, -0.1) is 0 Å². The highest BCUT2D eigenvalue weighted by molar-refractivity contribution is 5.90. The van der Waals surface area contributed by atoms with Gasteiger partial charge in [0.2, 0.25) is 5.82 Å². The fraction of sp³-hybridized carbons (Fsp3) is 0.222. The number of hydrogen-bond acceptors (Lipinski definition) is 3. The lowest BCUT2D eigenvalue weighted by atomic mass is 10.1. The van der Waals surface area contributed by atoms with Crippen LogP contribution in [-0.4, -0.2) is 24.3 Å². The van der Waals surface area contributed by atoms with E-state index in [0.29, 0.717) is 0 Å². The Balaban J connectivity index is 3.29. The van der Waals surface area contributed by atoms with E-state index in [1.807, 2.05) is 0 Å². The Morgan fingerprint density at radius 2 is 1.35 bits per heavy atom. The van der Waals surface area contributed by atoms with Crippen LogP contribution in [0, 0.1) is 29.1 Å². The molecule has 1 aromatic rings. The molecule has 0 aliphatic heterocycles. The Morgan fingerprint density at radius 3 is 1.76 bits per heavy atom. The molecule has 0 radical (unpaired) electrons. The summed E-state index contributed by atoms with van der Waals surface area (Å²) in [6.07, 6.45) is 0. The van der Waals surface area contributed by atoms with Gasteiger partial charge >= 0.3 is 5.97 Å². The molecular weight excluding hydrogens is 251 g/mol. The van der Waals surface area contributed by atoms with Crippen LogP contribution in [0.1, 0.15) is 10.4 Å². The molecule has 0 amide bonds. The van der Waals surface area contributed by atoms with E-state index in [0.717, 1.165) is 0 Å². The van der Waals surface area contributed by atoms with Gasteiger partial charge in [0.25, 0.3) is 0 Å². The van der Waals surface area contributed by atoms with E-state index in [-0.39, 0.29) is 0 Å². The number of ether oxygens (including phenoxy) is 1. The summed E-state index contributed by atoms with van der Waals surface area (Å²) in [5.41, 5.74) is -1.69. The second kappa shape index (κ2) is 5.09. The molecule has 0 fully saturated rings. The van der Waals surface area contributed by atoms with E-state index >= 15 is 0 Å². The van der Waals surface area contributed by atoms with Gasteiger partial charge in [0.1, 0.15) is 12.2 Å². The Morgan fingerprint density at radius 1 is 0.941 bits per heavy atom. The van der Waals surface area contributed by atoms with Crippen LogP contribution in [0.5, 0.6) is 0 Å². The first-order chi connectivity index (χ1) is 7.91. The van der Waals surface area contributed by atoms with Crippen molar-refractivity contribution in [3.8, 4) is 0 Å². The summed E-state index contributed by atoms with van der Waals surface area (Å²) in [5, 5.41) is 8.28. The number of esters is 1. The number of aliphatic hydroxyl groups is 1. The molecule has 1 rings (SSSR count). The summed E-state index contributed by atoms with van der Waals surface area (Å²) in [6.45, 7) is -1.28. The van der Waals surface area contributed by atoms with Gasteiger partial charge in [-0.1, -0.05) is 0 Å². The monoisotopic (exact) mass is 256 g/mol. The predicted molar refractivity (Wildman–Crippen MR) is 43.6 cm³/mol. The molecule has 8 heteroatoms. The first-order valence-electron chi connectivity index (χ1n) is 4.21. The average Bonchev–Trinajstić information content (AvgIpc) is 2.31. The van der Waals surface area contributed by atoms with E-state index in [1.54, 1.807) is 0 Å². The normalized spacial score (nSPS) is 10.5. The third-order valence-electron chi connectivity index (χ3n) is 1.74. The SMILES string of the molecule is O=C(OCCO)c1c(F)c(F)c(F)c(F)c1F. The molecular formula is C9H5F5O3. The van der Waals surface area contributed by atoms with Crippen LogP contribution in [-0.2, 0) is 4.74 Å². The van der Waals surface area contributed by atoms with Gasteiger partial charge in [-0.25, -0.2) is 26.7 Å². The summed E-state index contributed by atoms with van der Waals surface area (Å²) in [6, 6.07) is 0. The quantitative estimate of drug-likeness (QED) is 0.386. The summed E-state index contributed by atoms with van der Waals surface area (Å²) < 4.78 is 68.0. The van der Waals surface area contributed by atoms with Gasteiger partial charge in [0, 0.05) is 0 Å². The molecule has 0 unspecified atom stereocenters. The lowest BCUT2D eigenvalue weighted by Gasteiger charge is -2.07. The largest absolute Gasteiger partial charge is 0.459 e. The average molecular weight is 256 g/mol. The van der Waals surface area contributed by atoms with Gasteiger partial charge in [-0.3, -0.25) is 0 Å². The van der Waals surface area contributed by atoms with Gasteiger partial charge < -0.3 is 9.84 Å². The molecule has 17 heavy (non-hydrogen) atoms. The zero-order valence-electron chi connectivity index (χ0n) is 8.07. The zero-order chi connectivity index (χ0) is 13.2. The smallest absolute Gasteiger partial charge is 0.344 e. The minimum atomic E-state index is -2.36. The van der Waals surface area contributed by atoms with Crippen LogP contribution in [0.2, 0.25) is 0 Å². The molecule has 0 heterocycles. The molecule has 1 aromatic carbocycles. The first-order valence-corrected chi connectivity index (χ1v) is 4.21. The van der Waals surface area contributed by atoms with Crippen molar-refractivity contribution >= 4 is 5.97 Å². The molecule has 0 atom stereocenters. The van der Waals surface area contributed by atoms with E-state index in [4.69, 9.17) is 5.11 Å². The molecule has 1 N–H and O–H groups in total. The van der Waals surface area contributed by atoms with Crippen molar-refractivity contribution in [2.24, 2.45) is 0 Å². The minimum Gasteiger partial charge on any atom is -0.459 e. The van der Waals surface area contributed by atoms with Crippen molar-refractivity contribution < 1.29 is 36.6 Å². The molecule has 0 aliphatic rings. The maximum absolute atomic E-state index is 13.0. The van der Waals surface area contributed by atoms with E-state index in [9.17, 15) is 26.7 Å². The Hall–Kier alpha value is -1.70. The van der Waals surface area contributed by atoms with E-state index in [2.05, 4.69) is 4.74 Å². The van der Waals surface area contributed by atoms with E-state index < -0.39 is 53.8 Å². The molecule has 0 bridgehead atoms. The van der Waals surface area contributed by atoms with Gasteiger partial charge in [-0.2, -0.15) is 0 Å². The molecule has 0 spiro atoms. The number of rotatable bonds is 3. The Labute approximate surface area is 91.4 Å².